The lowest BCUT2D eigenvalue weighted by atomic mass is 10.1. The monoisotopic (exact) mass is 450 g/mol. The third kappa shape index (κ3) is 5.65. The summed E-state index contributed by atoms with van der Waals surface area (Å²) in [5.41, 5.74) is 0.0747. The number of nitrogens with zero attached hydrogens (tertiary/aromatic N) is 2. The molecule has 0 spiro atoms. The van der Waals surface area contributed by atoms with Crippen molar-refractivity contribution in [2.75, 3.05) is 17.2 Å². The fourth-order valence-electron chi connectivity index (χ4n) is 2.94. The van der Waals surface area contributed by atoms with Crippen molar-refractivity contribution in [1.29, 1.82) is 0 Å². The minimum atomic E-state index is -4.59. The smallest absolute Gasteiger partial charge is 0.394 e. The van der Waals surface area contributed by atoms with Gasteiger partial charge in [-0.15, -0.1) is 0 Å². The molecule has 3 aromatic rings. The largest absolute Gasteiger partial charge is 0.418 e. The van der Waals surface area contributed by atoms with Crippen LogP contribution in [-0.4, -0.2) is 27.7 Å². The zero-order valence-corrected chi connectivity index (χ0v) is 17.7. The lowest BCUT2D eigenvalue weighted by Crippen LogP contribution is -2.30. The Morgan fingerprint density at radius 3 is 2.35 bits per heavy atom. The maximum absolute atomic E-state index is 13.5. The van der Waals surface area contributed by atoms with Gasteiger partial charge in [-0.2, -0.15) is 18.2 Å². The molecule has 0 bridgehead atoms. The summed E-state index contributed by atoms with van der Waals surface area (Å²) >= 11 is 6.08. The Labute approximate surface area is 183 Å². The normalized spacial score (nSPS) is 12.6. The van der Waals surface area contributed by atoms with E-state index in [-0.39, 0.29) is 41.0 Å². The van der Waals surface area contributed by atoms with Gasteiger partial charge in [0, 0.05) is 11.6 Å². The molecule has 1 atom stereocenters. The van der Waals surface area contributed by atoms with Crippen LogP contribution < -0.4 is 10.6 Å². The van der Waals surface area contributed by atoms with Gasteiger partial charge in [-0.05, 0) is 18.1 Å². The van der Waals surface area contributed by atoms with Gasteiger partial charge in [0.05, 0.1) is 34.6 Å². The van der Waals surface area contributed by atoms with Crippen LogP contribution in [0.25, 0.3) is 11.3 Å². The number of aliphatic hydroxyl groups excluding tert-OH is 1. The van der Waals surface area contributed by atoms with Crippen LogP contribution in [0, 0.1) is 5.92 Å². The average molecular weight is 451 g/mol. The van der Waals surface area contributed by atoms with Gasteiger partial charge < -0.3 is 15.7 Å². The van der Waals surface area contributed by atoms with E-state index in [1.54, 1.807) is 6.07 Å². The van der Waals surface area contributed by atoms with Crippen molar-refractivity contribution < 1.29 is 18.3 Å². The van der Waals surface area contributed by atoms with E-state index in [1.165, 1.54) is 12.1 Å². The first-order valence-electron chi connectivity index (χ1n) is 9.63. The van der Waals surface area contributed by atoms with Gasteiger partial charge in [-0.3, -0.25) is 0 Å². The number of anilines is 3. The molecule has 0 amide bonds. The van der Waals surface area contributed by atoms with Gasteiger partial charge in [0.1, 0.15) is 5.82 Å². The third-order valence-electron chi connectivity index (χ3n) is 4.68. The highest BCUT2D eigenvalue weighted by atomic mass is 35.5. The molecule has 0 saturated carbocycles. The lowest BCUT2D eigenvalue weighted by Gasteiger charge is -2.21. The Balaban J connectivity index is 2.07. The fourth-order valence-corrected chi connectivity index (χ4v) is 3.16. The fraction of sp³-hybridized carbons (Fsp3) is 0.273. The van der Waals surface area contributed by atoms with Gasteiger partial charge in [0.2, 0.25) is 5.95 Å². The first kappa shape index (κ1) is 22.8. The standard InChI is InChI=1S/C22H22ClF3N4O/c1-13(2)18(12-31)28-21-27-17(14-7-4-3-5-8-14)11-19(30-21)29-20-15(22(24,25)26)9-6-10-16(20)23/h3-11,13,18,31H,12H2,1-2H3,(H2,27,28,29,30)/t18-/m0/s1. The summed E-state index contributed by atoms with van der Waals surface area (Å²) in [5, 5.41) is 15.3. The summed E-state index contributed by atoms with van der Waals surface area (Å²) in [6.45, 7) is 3.70. The summed E-state index contributed by atoms with van der Waals surface area (Å²) in [6, 6.07) is 14.0. The van der Waals surface area contributed by atoms with E-state index in [0.717, 1.165) is 11.6 Å². The molecule has 1 heterocycles. The molecular weight excluding hydrogens is 429 g/mol. The summed E-state index contributed by atoms with van der Waals surface area (Å²) in [6.07, 6.45) is -4.59. The van der Waals surface area contributed by atoms with Crippen molar-refractivity contribution in [2.24, 2.45) is 5.92 Å². The maximum atomic E-state index is 13.5. The Bertz CT molecular complexity index is 1030. The van der Waals surface area contributed by atoms with Crippen molar-refractivity contribution in [2.45, 2.75) is 26.1 Å². The highest BCUT2D eigenvalue weighted by Gasteiger charge is 2.34. The SMILES string of the molecule is CC(C)[C@H](CO)Nc1nc(Nc2c(Cl)cccc2C(F)(F)F)cc(-c2ccccc2)n1. The van der Waals surface area contributed by atoms with Crippen LogP contribution in [0.3, 0.4) is 0 Å². The number of alkyl halides is 3. The molecule has 0 aliphatic carbocycles. The molecule has 3 rings (SSSR count). The number of hydrogen-bond acceptors (Lipinski definition) is 5. The topological polar surface area (TPSA) is 70.1 Å². The molecule has 0 aliphatic rings. The minimum absolute atomic E-state index is 0.0748. The molecule has 31 heavy (non-hydrogen) atoms. The quantitative estimate of drug-likeness (QED) is 0.412. The van der Waals surface area contributed by atoms with E-state index >= 15 is 0 Å². The van der Waals surface area contributed by atoms with E-state index in [9.17, 15) is 18.3 Å². The Morgan fingerprint density at radius 2 is 1.74 bits per heavy atom. The minimum Gasteiger partial charge on any atom is -0.394 e. The number of aromatic nitrogens is 2. The molecule has 3 N–H and O–H groups in total. The molecule has 5 nitrogen and oxygen atoms in total. The van der Waals surface area contributed by atoms with E-state index in [1.807, 2.05) is 44.2 Å². The summed E-state index contributed by atoms with van der Waals surface area (Å²) < 4.78 is 40.5. The number of hydrogen-bond donors (Lipinski definition) is 3. The van der Waals surface area contributed by atoms with Crippen molar-refractivity contribution in [1.82, 2.24) is 9.97 Å². The van der Waals surface area contributed by atoms with Crippen LogP contribution in [0.4, 0.5) is 30.6 Å². The zero-order valence-electron chi connectivity index (χ0n) is 16.9. The second-order valence-corrected chi connectivity index (χ2v) is 7.70. The Morgan fingerprint density at radius 1 is 1.03 bits per heavy atom. The third-order valence-corrected chi connectivity index (χ3v) is 5.00. The van der Waals surface area contributed by atoms with E-state index < -0.39 is 11.7 Å². The van der Waals surface area contributed by atoms with Crippen LogP contribution in [0.2, 0.25) is 5.02 Å². The van der Waals surface area contributed by atoms with Crippen molar-refractivity contribution in [3.05, 3.63) is 65.2 Å². The van der Waals surface area contributed by atoms with Crippen molar-refractivity contribution >= 4 is 29.1 Å². The first-order valence-corrected chi connectivity index (χ1v) is 10.0. The van der Waals surface area contributed by atoms with E-state index in [4.69, 9.17) is 11.6 Å². The molecule has 2 aromatic carbocycles. The average Bonchev–Trinajstić information content (AvgIpc) is 2.73. The van der Waals surface area contributed by atoms with Gasteiger partial charge in [-0.1, -0.05) is 61.8 Å². The Kier molecular flexibility index (Phi) is 7.02. The molecule has 1 aromatic heterocycles. The van der Waals surface area contributed by atoms with Crippen LogP contribution in [-0.2, 0) is 6.18 Å². The van der Waals surface area contributed by atoms with Gasteiger partial charge in [0.15, 0.2) is 0 Å². The summed E-state index contributed by atoms with van der Waals surface area (Å²) in [7, 11) is 0. The van der Waals surface area contributed by atoms with Gasteiger partial charge in [-0.25, -0.2) is 4.98 Å². The molecule has 0 unspecified atom stereocenters. The molecule has 0 radical (unpaired) electrons. The van der Waals surface area contributed by atoms with Crippen molar-refractivity contribution in [3.8, 4) is 11.3 Å². The highest BCUT2D eigenvalue weighted by Crippen LogP contribution is 2.40. The first-order chi connectivity index (χ1) is 14.7. The van der Waals surface area contributed by atoms with E-state index in [2.05, 4.69) is 20.6 Å². The van der Waals surface area contributed by atoms with Crippen LogP contribution >= 0.6 is 11.6 Å². The van der Waals surface area contributed by atoms with Gasteiger partial charge >= 0.3 is 6.18 Å². The molecular formula is C22H22ClF3N4O. The Hall–Kier alpha value is -2.84. The molecule has 9 heteroatoms. The number of rotatable bonds is 7. The number of nitrogens with one attached hydrogen (secondary N) is 2. The predicted molar refractivity (Wildman–Crippen MR) is 117 cm³/mol. The van der Waals surface area contributed by atoms with Crippen LogP contribution in [0.15, 0.2) is 54.6 Å². The predicted octanol–water partition coefficient (Wildman–Crippen LogP) is 5.99. The number of para-hydroxylation sites is 1. The maximum Gasteiger partial charge on any atom is 0.418 e. The molecule has 0 aliphatic heterocycles. The summed E-state index contributed by atoms with van der Waals surface area (Å²) in [5.74, 6) is 0.387. The van der Waals surface area contributed by atoms with Crippen LogP contribution in [0.5, 0.6) is 0 Å². The van der Waals surface area contributed by atoms with Crippen LogP contribution in [0.1, 0.15) is 19.4 Å². The van der Waals surface area contributed by atoms with E-state index in [0.29, 0.717) is 5.69 Å². The lowest BCUT2D eigenvalue weighted by molar-refractivity contribution is -0.136. The molecule has 164 valence electrons. The number of aliphatic hydroxyl groups is 1. The molecule has 0 saturated heterocycles. The zero-order chi connectivity index (χ0) is 22.6. The summed E-state index contributed by atoms with van der Waals surface area (Å²) in [4.78, 5) is 8.80. The highest BCUT2D eigenvalue weighted by molar-refractivity contribution is 6.33. The van der Waals surface area contributed by atoms with Crippen molar-refractivity contribution in [3.63, 3.8) is 0 Å². The number of halogens is 4. The molecule has 0 fully saturated rings. The second kappa shape index (κ2) is 9.53. The van der Waals surface area contributed by atoms with Gasteiger partial charge in [0.25, 0.3) is 0 Å². The number of benzene rings is 2. The second-order valence-electron chi connectivity index (χ2n) is 7.29.